The van der Waals surface area contributed by atoms with E-state index >= 15 is 0 Å². The molecule has 0 amide bonds. The summed E-state index contributed by atoms with van der Waals surface area (Å²) in [5, 5.41) is 2.58. The first-order valence-electron chi connectivity index (χ1n) is 11.1. The van der Waals surface area contributed by atoms with Crippen LogP contribution in [0.4, 0.5) is 39.5 Å². The Morgan fingerprint density at radius 3 is 2.57 bits per heavy atom. The van der Waals surface area contributed by atoms with Crippen molar-refractivity contribution >= 4 is 17.6 Å². The van der Waals surface area contributed by atoms with E-state index in [2.05, 4.69) is 30.2 Å². The Kier molecular flexibility index (Phi) is 5.82. The van der Waals surface area contributed by atoms with Crippen LogP contribution >= 0.6 is 0 Å². The van der Waals surface area contributed by atoms with E-state index in [0.717, 1.165) is 25.6 Å². The topological polar surface area (TPSA) is 75.0 Å². The van der Waals surface area contributed by atoms with Gasteiger partial charge in [0.05, 0.1) is 30.8 Å². The number of pyridine rings is 1. The molecular formula is C22H23F5N8. The SMILES string of the molecule is Cc1c(F)c(F)nc(Nc2cc(C3CCN(Cc4cncn4C)C3)nc(N3CC(F)(F)C3)n2)c1F. The Morgan fingerprint density at radius 2 is 1.89 bits per heavy atom. The summed E-state index contributed by atoms with van der Waals surface area (Å²) in [5.74, 6) is -7.20. The maximum Gasteiger partial charge on any atom is 0.282 e. The lowest BCUT2D eigenvalue weighted by Crippen LogP contribution is -2.57. The van der Waals surface area contributed by atoms with E-state index in [1.54, 1.807) is 18.6 Å². The van der Waals surface area contributed by atoms with Crippen molar-refractivity contribution in [2.75, 3.05) is 36.4 Å². The Bertz CT molecular complexity index is 1250. The van der Waals surface area contributed by atoms with Crippen LogP contribution in [0.5, 0.6) is 0 Å². The number of rotatable bonds is 6. The third kappa shape index (κ3) is 4.64. The molecule has 1 N–H and O–H groups in total. The third-order valence-electron chi connectivity index (χ3n) is 6.36. The zero-order valence-electron chi connectivity index (χ0n) is 19.1. The zero-order valence-corrected chi connectivity index (χ0v) is 19.1. The molecule has 2 aliphatic rings. The molecule has 5 heterocycles. The predicted octanol–water partition coefficient (Wildman–Crippen LogP) is 3.52. The molecule has 186 valence electrons. The number of imidazole rings is 1. The molecule has 1 unspecified atom stereocenters. The molecule has 13 heteroatoms. The lowest BCUT2D eigenvalue weighted by Gasteiger charge is -2.38. The summed E-state index contributed by atoms with van der Waals surface area (Å²) in [4.78, 5) is 19.7. The van der Waals surface area contributed by atoms with Gasteiger partial charge in [0.15, 0.2) is 17.5 Å². The van der Waals surface area contributed by atoms with Gasteiger partial charge in [0.1, 0.15) is 5.82 Å². The van der Waals surface area contributed by atoms with E-state index < -0.39 is 48.0 Å². The lowest BCUT2D eigenvalue weighted by atomic mass is 10.0. The summed E-state index contributed by atoms with van der Waals surface area (Å²) in [5.41, 5.74) is 1.10. The highest BCUT2D eigenvalue weighted by molar-refractivity contribution is 5.56. The number of nitrogens with zero attached hydrogens (tertiary/aromatic N) is 7. The molecule has 0 aromatic carbocycles. The van der Waals surface area contributed by atoms with Gasteiger partial charge in [0.25, 0.3) is 11.9 Å². The molecule has 3 aromatic heterocycles. The summed E-state index contributed by atoms with van der Waals surface area (Å²) in [6.07, 6.45) is 4.29. The van der Waals surface area contributed by atoms with Crippen molar-refractivity contribution in [3.63, 3.8) is 0 Å². The number of hydrogen-bond acceptors (Lipinski definition) is 7. The van der Waals surface area contributed by atoms with Gasteiger partial charge in [-0.1, -0.05) is 0 Å². The highest BCUT2D eigenvalue weighted by atomic mass is 19.3. The number of alkyl halides is 2. The van der Waals surface area contributed by atoms with Gasteiger partial charge in [-0.2, -0.15) is 14.4 Å². The molecule has 35 heavy (non-hydrogen) atoms. The number of aryl methyl sites for hydroxylation is 1. The Morgan fingerprint density at radius 1 is 1.11 bits per heavy atom. The van der Waals surface area contributed by atoms with Gasteiger partial charge in [-0.25, -0.2) is 27.5 Å². The number of hydrogen-bond donors (Lipinski definition) is 1. The van der Waals surface area contributed by atoms with Crippen molar-refractivity contribution < 1.29 is 22.0 Å². The van der Waals surface area contributed by atoms with Crippen molar-refractivity contribution in [1.29, 1.82) is 0 Å². The maximum absolute atomic E-state index is 14.5. The summed E-state index contributed by atoms with van der Waals surface area (Å²) in [6.45, 7) is 2.16. The molecule has 0 aliphatic carbocycles. The molecule has 0 radical (unpaired) electrons. The number of aromatic nitrogens is 5. The highest BCUT2D eigenvalue weighted by Crippen LogP contribution is 2.34. The van der Waals surface area contributed by atoms with Crippen LogP contribution in [-0.4, -0.2) is 61.5 Å². The number of likely N-dealkylation sites (tertiary alicyclic amines) is 1. The molecule has 1 atom stereocenters. The Hall–Kier alpha value is -3.35. The molecule has 0 bridgehead atoms. The lowest BCUT2D eigenvalue weighted by molar-refractivity contribution is -0.0271. The highest BCUT2D eigenvalue weighted by Gasteiger charge is 2.45. The fraction of sp³-hybridized carbons (Fsp3) is 0.455. The molecule has 2 fully saturated rings. The standard InChI is InChI=1S/C22H23F5N8/c1-12-17(23)19(25)32-20(18(12)24)30-16-5-15(29-21(31-16)35-9-22(26,27)10-35)13-3-4-34(7-13)8-14-6-28-11-33(14)2/h5-6,11,13H,3-4,7-10H2,1-2H3,(H,29,30,31,32). The van der Waals surface area contributed by atoms with Crippen LogP contribution < -0.4 is 10.2 Å². The molecule has 0 spiro atoms. The first kappa shape index (κ1) is 23.4. The minimum atomic E-state index is -2.84. The van der Waals surface area contributed by atoms with E-state index in [9.17, 15) is 22.0 Å². The Balaban J connectivity index is 1.42. The average Bonchev–Trinajstić information content (AvgIpc) is 3.43. The van der Waals surface area contributed by atoms with Crippen LogP contribution in [0.3, 0.4) is 0 Å². The van der Waals surface area contributed by atoms with Crippen LogP contribution in [0.2, 0.25) is 0 Å². The van der Waals surface area contributed by atoms with Crippen LogP contribution in [-0.2, 0) is 13.6 Å². The average molecular weight is 494 g/mol. The second kappa shape index (κ2) is 8.70. The van der Waals surface area contributed by atoms with Gasteiger partial charge in [0, 0.05) is 43.9 Å². The fourth-order valence-electron chi connectivity index (χ4n) is 4.33. The van der Waals surface area contributed by atoms with Gasteiger partial charge in [-0.3, -0.25) is 4.90 Å². The number of anilines is 3. The van der Waals surface area contributed by atoms with Gasteiger partial charge in [-0.05, 0) is 19.9 Å². The van der Waals surface area contributed by atoms with E-state index in [1.807, 2.05) is 11.6 Å². The molecule has 3 aromatic rings. The van der Waals surface area contributed by atoms with E-state index in [4.69, 9.17) is 0 Å². The van der Waals surface area contributed by atoms with Gasteiger partial charge < -0.3 is 14.8 Å². The largest absolute Gasteiger partial charge is 0.337 e. The van der Waals surface area contributed by atoms with Gasteiger partial charge in [0.2, 0.25) is 5.95 Å². The summed E-state index contributed by atoms with van der Waals surface area (Å²) >= 11 is 0. The number of nitrogens with one attached hydrogen (secondary N) is 1. The van der Waals surface area contributed by atoms with E-state index in [1.165, 1.54) is 4.90 Å². The molecule has 8 nitrogen and oxygen atoms in total. The number of halogens is 5. The normalized spacial score (nSPS) is 19.7. The van der Waals surface area contributed by atoms with Crippen molar-refractivity contribution in [3.05, 3.63) is 53.1 Å². The smallest absolute Gasteiger partial charge is 0.282 e. The summed E-state index contributed by atoms with van der Waals surface area (Å²) in [7, 11) is 1.92. The van der Waals surface area contributed by atoms with Crippen LogP contribution in [0.25, 0.3) is 0 Å². The van der Waals surface area contributed by atoms with Crippen molar-refractivity contribution in [3.8, 4) is 0 Å². The minimum absolute atomic E-state index is 0.0307. The molecule has 2 aliphatic heterocycles. The van der Waals surface area contributed by atoms with Crippen molar-refractivity contribution in [2.45, 2.75) is 31.7 Å². The minimum Gasteiger partial charge on any atom is -0.337 e. The molecule has 0 saturated carbocycles. The van der Waals surface area contributed by atoms with Crippen molar-refractivity contribution in [2.24, 2.45) is 7.05 Å². The summed E-state index contributed by atoms with van der Waals surface area (Å²) in [6, 6.07) is 1.57. The van der Waals surface area contributed by atoms with Gasteiger partial charge in [-0.15, -0.1) is 0 Å². The quantitative estimate of drug-likeness (QED) is 0.415. The predicted molar refractivity (Wildman–Crippen MR) is 117 cm³/mol. The van der Waals surface area contributed by atoms with Crippen LogP contribution in [0, 0.1) is 24.5 Å². The zero-order chi connectivity index (χ0) is 24.9. The third-order valence-corrected chi connectivity index (χ3v) is 6.36. The molecule has 5 rings (SSSR count). The van der Waals surface area contributed by atoms with Crippen LogP contribution in [0.15, 0.2) is 18.6 Å². The second-order valence-corrected chi connectivity index (χ2v) is 9.04. The van der Waals surface area contributed by atoms with Gasteiger partial charge >= 0.3 is 0 Å². The molecular weight excluding hydrogens is 471 g/mol. The summed E-state index contributed by atoms with van der Waals surface area (Å²) < 4.78 is 70.9. The van der Waals surface area contributed by atoms with Crippen LogP contribution in [0.1, 0.15) is 29.3 Å². The van der Waals surface area contributed by atoms with E-state index in [-0.39, 0.29) is 17.7 Å². The fourth-order valence-corrected chi connectivity index (χ4v) is 4.33. The molecule has 2 saturated heterocycles. The first-order chi connectivity index (χ1) is 16.6. The second-order valence-electron chi connectivity index (χ2n) is 9.04. The van der Waals surface area contributed by atoms with Crippen molar-refractivity contribution in [1.82, 2.24) is 29.4 Å². The first-order valence-corrected chi connectivity index (χ1v) is 11.1. The Labute approximate surface area is 197 Å². The monoisotopic (exact) mass is 494 g/mol. The van der Waals surface area contributed by atoms with E-state index in [0.29, 0.717) is 18.8 Å². The maximum atomic E-state index is 14.5.